The van der Waals surface area contributed by atoms with E-state index in [-0.39, 0.29) is 0 Å². The maximum Gasteiger partial charge on any atom is 0.240 e. The van der Waals surface area contributed by atoms with Gasteiger partial charge in [-0.2, -0.15) is 15.0 Å². The van der Waals surface area contributed by atoms with Gasteiger partial charge in [0.2, 0.25) is 17.8 Å². The Bertz CT molecular complexity index is 725. The lowest BCUT2D eigenvalue weighted by molar-refractivity contribution is 0.398. The molecule has 0 atom stereocenters. The summed E-state index contributed by atoms with van der Waals surface area (Å²) in [6.07, 6.45) is 6.72. The van der Waals surface area contributed by atoms with Gasteiger partial charge in [-0.3, -0.25) is 4.57 Å². The largest absolute Gasteiger partial charge is 0.481 e. The van der Waals surface area contributed by atoms with Gasteiger partial charge >= 0.3 is 0 Å². The Hall–Kier alpha value is -3.03. The van der Waals surface area contributed by atoms with Crippen molar-refractivity contribution in [3.05, 3.63) is 37.1 Å². The van der Waals surface area contributed by atoms with Gasteiger partial charge in [-0.15, -0.1) is 0 Å². The number of hydrogen-bond donors (Lipinski definition) is 1. The zero-order chi connectivity index (χ0) is 14.7. The Morgan fingerprint density at radius 1 is 1.19 bits per heavy atom. The summed E-state index contributed by atoms with van der Waals surface area (Å²) >= 11 is 0. The highest BCUT2D eigenvalue weighted by molar-refractivity contribution is 5.56. The normalized spacial score (nSPS) is 10.4. The number of anilines is 1. The summed E-state index contributed by atoms with van der Waals surface area (Å²) in [7, 11) is 3.32. The zero-order valence-electron chi connectivity index (χ0n) is 11.6. The SMILES string of the molecule is CNc1nc(-c2ccc(OC)nc2)nc(-n2ccnc2)n1. The topological polar surface area (TPSA) is 90.6 Å². The van der Waals surface area contributed by atoms with Gasteiger partial charge in [0.15, 0.2) is 5.82 Å². The summed E-state index contributed by atoms with van der Waals surface area (Å²) in [6, 6.07) is 3.60. The van der Waals surface area contributed by atoms with Crippen LogP contribution in [-0.4, -0.2) is 43.6 Å². The smallest absolute Gasteiger partial charge is 0.240 e. The Balaban J connectivity index is 2.06. The van der Waals surface area contributed by atoms with E-state index in [0.29, 0.717) is 23.6 Å². The van der Waals surface area contributed by atoms with E-state index in [9.17, 15) is 0 Å². The summed E-state index contributed by atoms with van der Waals surface area (Å²) in [5, 5.41) is 2.92. The van der Waals surface area contributed by atoms with Crippen molar-refractivity contribution in [3.63, 3.8) is 0 Å². The van der Waals surface area contributed by atoms with E-state index in [2.05, 4.69) is 30.2 Å². The van der Waals surface area contributed by atoms with Crippen LogP contribution in [0.1, 0.15) is 0 Å². The highest BCUT2D eigenvalue weighted by Gasteiger charge is 2.09. The van der Waals surface area contributed by atoms with Gasteiger partial charge < -0.3 is 10.1 Å². The van der Waals surface area contributed by atoms with E-state index >= 15 is 0 Å². The minimum atomic E-state index is 0.472. The first-order chi connectivity index (χ1) is 10.3. The van der Waals surface area contributed by atoms with Crippen LogP contribution in [0.4, 0.5) is 5.95 Å². The van der Waals surface area contributed by atoms with E-state index < -0.39 is 0 Å². The summed E-state index contributed by atoms with van der Waals surface area (Å²) in [5.74, 6) is 2.02. The van der Waals surface area contributed by atoms with Crippen molar-refractivity contribution < 1.29 is 4.74 Å². The van der Waals surface area contributed by atoms with Crippen LogP contribution in [-0.2, 0) is 0 Å². The number of imidazole rings is 1. The van der Waals surface area contributed by atoms with Crippen LogP contribution in [0.5, 0.6) is 5.88 Å². The van der Waals surface area contributed by atoms with Gasteiger partial charge in [-0.05, 0) is 6.07 Å². The molecule has 0 aliphatic carbocycles. The first-order valence-corrected chi connectivity index (χ1v) is 6.22. The summed E-state index contributed by atoms with van der Waals surface area (Å²) < 4.78 is 6.75. The van der Waals surface area contributed by atoms with Crippen LogP contribution in [0.25, 0.3) is 17.3 Å². The van der Waals surface area contributed by atoms with Gasteiger partial charge in [0.1, 0.15) is 6.33 Å². The Morgan fingerprint density at radius 2 is 2.10 bits per heavy atom. The molecule has 3 aromatic rings. The van der Waals surface area contributed by atoms with Crippen LogP contribution in [0, 0.1) is 0 Å². The van der Waals surface area contributed by atoms with Gasteiger partial charge in [-0.25, -0.2) is 9.97 Å². The number of aromatic nitrogens is 6. The zero-order valence-corrected chi connectivity index (χ0v) is 11.6. The molecule has 0 saturated carbocycles. The predicted molar refractivity (Wildman–Crippen MR) is 76.3 cm³/mol. The molecule has 106 valence electrons. The van der Waals surface area contributed by atoms with Gasteiger partial charge in [0, 0.05) is 37.3 Å². The number of nitrogens with zero attached hydrogens (tertiary/aromatic N) is 6. The molecule has 0 aliphatic rings. The van der Waals surface area contributed by atoms with Crippen molar-refractivity contribution in [2.45, 2.75) is 0 Å². The molecule has 0 unspecified atom stereocenters. The standard InChI is InChI=1S/C13H13N7O/c1-14-12-17-11(9-3-4-10(21-2)16-7-9)18-13(19-12)20-6-5-15-8-20/h3-8H,1-2H3,(H,14,17,18,19). The molecule has 0 amide bonds. The highest BCUT2D eigenvalue weighted by Crippen LogP contribution is 2.18. The summed E-state index contributed by atoms with van der Waals surface area (Å²) in [5.41, 5.74) is 0.774. The molecule has 3 aromatic heterocycles. The highest BCUT2D eigenvalue weighted by atomic mass is 16.5. The second-order valence-corrected chi connectivity index (χ2v) is 4.09. The third-order valence-corrected chi connectivity index (χ3v) is 2.79. The lowest BCUT2D eigenvalue weighted by Crippen LogP contribution is -2.06. The second kappa shape index (κ2) is 5.53. The molecule has 0 aromatic carbocycles. The van der Waals surface area contributed by atoms with Crippen LogP contribution in [0.15, 0.2) is 37.1 Å². The number of ether oxygens (including phenoxy) is 1. The molecule has 0 radical (unpaired) electrons. The van der Waals surface area contributed by atoms with E-state index in [1.807, 2.05) is 6.07 Å². The minimum absolute atomic E-state index is 0.472. The van der Waals surface area contributed by atoms with Crippen LogP contribution in [0.3, 0.4) is 0 Å². The molecule has 8 nitrogen and oxygen atoms in total. The fourth-order valence-electron chi connectivity index (χ4n) is 1.73. The molecule has 0 aliphatic heterocycles. The molecule has 3 heterocycles. The number of pyridine rings is 1. The monoisotopic (exact) mass is 283 g/mol. The van der Waals surface area contributed by atoms with Crippen molar-refractivity contribution in [1.82, 2.24) is 29.5 Å². The Kier molecular flexibility index (Phi) is 3.42. The van der Waals surface area contributed by atoms with Gasteiger partial charge in [0.05, 0.1) is 7.11 Å². The quantitative estimate of drug-likeness (QED) is 0.768. The number of rotatable bonds is 4. The molecule has 21 heavy (non-hydrogen) atoms. The van der Waals surface area contributed by atoms with Crippen LogP contribution in [0.2, 0.25) is 0 Å². The maximum atomic E-state index is 5.04. The predicted octanol–water partition coefficient (Wildman–Crippen LogP) is 1.17. The van der Waals surface area contributed by atoms with Crippen LogP contribution >= 0.6 is 0 Å². The van der Waals surface area contributed by atoms with Crippen molar-refractivity contribution >= 4 is 5.95 Å². The van der Waals surface area contributed by atoms with Crippen molar-refractivity contribution in [1.29, 1.82) is 0 Å². The second-order valence-electron chi connectivity index (χ2n) is 4.09. The minimum Gasteiger partial charge on any atom is -0.481 e. The fourth-order valence-corrected chi connectivity index (χ4v) is 1.73. The van der Waals surface area contributed by atoms with E-state index in [0.717, 1.165) is 5.56 Å². The number of methoxy groups -OCH3 is 1. The van der Waals surface area contributed by atoms with Crippen molar-refractivity contribution in [2.24, 2.45) is 0 Å². The number of hydrogen-bond acceptors (Lipinski definition) is 7. The number of nitrogens with one attached hydrogen (secondary N) is 1. The van der Waals surface area contributed by atoms with Crippen LogP contribution < -0.4 is 10.1 Å². The molecule has 1 N–H and O–H groups in total. The summed E-state index contributed by atoms with van der Waals surface area (Å²) in [6.45, 7) is 0. The fraction of sp³-hybridized carbons (Fsp3) is 0.154. The molecule has 0 spiro atoms. The Morgan fingerprint density at radius 3 is 2.71 bits per heavy atom. The third kappa shape index (κ3) is 2.64. The van der Waals surface area contributed by atoms with E-state index in [4.69, 9.17) is 4.74 Å². The molecule has 8 heteroatoms. The molecular formula is C13H13N7O. The molecule has 3 rings (SSSR count). The molecule has 0 saturated heterocycles. The summed E-state index contributed by atoms with van der Waals surface area (Å²) in [4.78, 5) is 21.2. The first kappa shape index (κ1) is 13.0. The lowest BCUT2D eigenvalue weighted by Gasteiger charge is -2.07. The van der Waals surface area contributed by atoms with Gasteiger partial charge in [0.25, 0.3) is 0 Å². The van der Waals surface area contributed by atoms with E-state index in [1.54, 1.807) is 49.7 Å². The van der Waals surface area contributed by atoms with Gasteiger partial charge in [-0.1, -0.05) is 0 Å². The average molecular weight is 283 g/mol. The third-order valence-electron chi connectivity index (χ3n) is 2.79. The lowest BCUT2D eigenvalue weighted by atomic mass is 10.3. The molecule has 0 fully saturated rings. The van der Waals surface area contributed by atoms with E-state index in [1.165, 1.54) is 0 Å². The van der Waals surface area contributed by atoms with Crippen molar-refractivity contribution in [3.8, 4) is 23.2 Å². The maximum absolute atomic E-state index is 5.04. The first-order valence-electron chi connectivity index (χ1n) is 6.22. The molecular weight excluding hydrogens is 270 g/mol. The Labute approximate surface area is 120 Å². The molecule has 0 bridgehead atoms. The van der Waals surface area contributed by atoms with Crippen molar-refractivity contribution in [2.75, 3.05) is 19.5 Å². The average Bonchev–Trinajstić information content (AvgIpc) is 3.09.